The molecule has 0 spiro atoms. The van der Waals surface area contributed by atoms with Crippen molar-refractivity contribution in [1.29, 1.82) is 0 Å². The molecule has 2 rings (SSSR count). The van der Waals surface area contributed by atoms with Crippen molar-refractivity contribution in [2.75, 3.05) is 13.2 Å². The van der Waals surface area contributed by atoms with Gasteiger partial charge >= 0.3 is 0 Å². The number of hydrogen-bond acceptors (Lipinski definition) is 5. The molecule has 156 valence electrons. The van der Waals surface area contributed by atoms with E-state index in [1.807, 2.05) is 20.8 Å². The van der Waals surface area contributed by atoms with Gasteiger partial charge in [-0.3, -0.25) is 20.4 Å². The van der Waals surface area contributed by atoms with Crippen LogP contribution < -0.4 is 20.3 Å². The smallest absolute Gasteiger partial charge is 0.269 e. The Morgan fingerprint density at radius 3 is 2.28 bits per heavy atom. The second-order valence-electron chi connectivity index (χ2n) is 6.35. The van der Waals surface area contributed by atoms with Crippen molar-refractivity contribution in [3.8, 4) is 5.75 Å². The van der Waals surface area contributed by atoms with Gasteiger partial charge in [0.1, 0.15) is 5.75 Å². The number of amides is 2. The molecule has 8 nitrogen and oxygen atoms in total. The first-order chi connectivity index (χ1) is 13.7. The maximum absolute atomic E-state index is 12.3. The summed E-state index contributed by atoms with van der Waals surface area (Å²) < 4.78 is 32.2. The summed E-state index contributed by atoms with van der Waals surface area (Å²) in [6, 6.07) is 11.3. The van der Waals surface area contributed by atoms with Gasteiger partial charge in [0.05, 0.1) is 11.5 Å². The van der Waals surface area contributed by atoms with Gasteiger partial charge in [-0.1, -0.05) is 6.07 Å². The van der Waals surface area contributed by atoms with Crippen LogP contribution in [-0.4, -0.2) is 33.4 Å². The molecule has 2 aromatic rings. The number of benzene rings is 2. The summed E-state index contributed by atoms with van der Waals surface area (Å²) in [7, 11) is -3.71. The third-order valence-corrected chi connectivity index (χ3v) is 5.63. The topological polar surface area (TPSA) is 114 Å². The molecule has 9 heteroatoms. The molecule has 0 heterocycles. The van der Waals surface area contributed by atoms with E-state index in [9.17, 15) is 18.0 Å². The molecular formula is C20H25N3O5S. The van der Waals surface area contributed by atoms with E-state index in [1.165, 1.54) is 6.07 Å². The Bertz CT molecular complexity index is 972. The van der Waals surface area contributed by atoms with Crippen molar-refractivity contribution in [3.05, 3.63) is 59.2 Å². The van der Waals surface area contributed by atoms with Crippen molar-refractivity contribution in [3.63, 3.8) is 0 Å². The van der Waals surface area contributed by atoms with Crippen molar-refractivity contribution in [1.82, 2.24) is 15.6 Å². The van der Waals surface area contributed by atoms with Crippen LogP contribution in [0, 0.1) is 13.8 Å². The highest BCUT2D eigenvalue weighted by molar-refractivity contribution is 7.89. The second kappa shape index (κ2) is 10.0. The molecule has 3 N–H and O–H groups in total. The van der Waals surface area contributed by atoms with Gasteiger partial charge in [0.25, 0.3) is 5.91 Å². The summed E-state index contributed by atoms with van der Waals surface area (Å²) in [5.74, 6) is -0.367. The fourth-order valence-corrected chi connectivity index (χ4v) is 3.51. The number of carbonyl (C=O) groups excluding carboxylic acids is 2. The van der Waals surface area contributed by atoms with Crippen LogP contribution >= 0.6 is 0 Å². The van der Waals surface area contributed by atoms with Crippen molar-refractivity contribution >= 4 is 21.8 Å². The molecule has 0 fully saturated rings. The third kappa shape index (κ3) is 6.58. The first-order valence-electron chi connectivity index (χ1n) is 9.12. The summed E-state index contributed by atoms with van der Waals surface area (Å²) in [4.78, 5) is 24.0. The van der Waals surface area contributed by atoms with Crippen LogP contribution in [0.1, 0.15) is 34.8 Å². The minimum absolute atomic E-state index is 0.0972. The van der Waals surface area contributed by atoms with Gasteiger partial charge in [0, 0.05) is 18.5 Å². The Hall–Kier alpha value is -2.91. The average molecular weight is 420 g/mol. The zero-order valence-electron chi connectivity index (χ0n) is 16.6. The number of sulfonamides is 1. The maximum atomic E-state index is 12.3. The molecule has 29 heavy (non-hydrogen) atoms. The van der Waals surface area contributed by atoms with Gasteiger partial charge < -0.3 is 4.74 Å². The van der Waals surface area contributed by atoms with Crippen LogP contribution in [-0.2, 0) is 14.8 Å². The molecule has 0 saturated carbocycles. The van der Waals surface area contributed by atoms with Gasteiger partial charge in [-0.2, -0.15) is 0 Å². The van der Waals surface area contributed by atoms with Crippen molar-refractivity contribution in [2.45, 2.75) is 32.1 Å². The van der Waals surface area contributed by atoms with Gasteiger partial charge in [-0.25, -0.2) is 13.1 Å². The van der Waals surface area contributed by atoms with E-state index in [-0.39, 0.29) is 17.9 Å². The zero-order valence-corrected chi connectivity index (χ0v) is 17.4. The van der Waals surface area contributed by atoms with Gasteiger partial charge in [0.15, 0.2) is 0 Å². The molecule has 2 aromatic carbocycles. The summed E-state index contributed by atoms with van der Waals surface area (Å²) in [6.45, 7) is 6.01. The molecule has 2 amide bonds. The van der Waals surface area contributed by atoms with Gasteiger partial charge in [0.2, 0.25) is 15.9 Å². The zero-order chi connectivity index (χ0) is 21.4. The monoisotopic (exact) mass is 419 g/mol. The molecule has 0 saturated heterocycles. The summed E-state index contributed by atoms with van der Waals surface area (Å²) in [5, 5.41) is 0. The highest BCUT2D eigenvalue weighted by Gasteiger charge is 2.15. The lowest BCUT2D eigenvalue weighted by Crippen LogP contribution is -2.42. The van der Waals surface area contributed by atoms with Crippen molar-refractivity contribution < 1.29 is 22.7 Å². The maximum Gasteiger partial charge on any atom is 0.269 e. The fraction of sp³-hybridized carbons (Fsp3) is 0.300. The summed E-state index contributed by atoms with van der Waals surface area (Å²) >= 11 is 0. The van der Waals surface area contributed by atoms with E-state index >= 15 is 0 Å². The molecule has 0 aromatic heterocycles. The minimum Gasteiger partial charge on any atom is -0.494 e. The Labute approximate surface area is 170 Å². The highest BCUT2D eigenvalue weighted by atomic mass is 32.2. The first kappa shape index (κ1) is 22.4. The van der Waals surface area contributed by atoms with Gasteiger partial charge in [-0.05, 0) is 68.3 Å². The molecule has 0 aliphatic rings. The Morgan fingerprint density at radius 2 is 1.66 bits per heavy atom. The van der Waals surface area contributed by atoms with Crippen LogP contribution in [0.2, 0.25) is 0 Å². The number of carbonyl (C=O) groups is 2. The van der Waals surface area contributed by atoms with E-state index in [1.54, 1.807) is 36.4 Å². The number of ether oxygens (including phenoxy) is 1. The molecule has 0 aliphatic carbocycles. The predicted octanol–water partition coefficient (Wildman–Crippen LogP) is 1.83. The van der Waals surface area contributed by atoms with Gasteiger partial charge in [-0.15, -0.1) is 0 Å². The molecule has 0 atom stereocenters. The molecular weight excluding hydrogens is 394 g/mol. The number of nitrogens with one attached hydrogen (secondary N) is 3. The quantitative estimate of drug-likeness (QED) is 0.565. The Kier molecular flexibility index (Phi) is 7.74. The van der Waals surface area contributed by atoms with E-state index < -0.39 is 21.8 Å². The third-order valence-electron chi connectivity index (χ3n) is 4.18. The van der Waals surface area contributed by atoms with Crippen LogP contribution in [0.3, 0.4) is 0 Å². The fourth-order valence-electron chi connectivity index (χ4n) is 2.39. The molecule has 0 aliphatic heterocycles. The number of rotatable bonds is 8. The molecule has 0 radical (unpaired) electrons. The normalized spacial score (nSPS) is 11.0. The van der Waals surface area contributed by atoms with Crippen LogP contribution in [0.15, 0.2) is 47.4 Å². The van der Waals surface area contributed by atoms with E-state index in [0.717, 1.165) is 11.1 Å². The number of aryl methyl sites for hydroxylation is 2. The lowest BCUT2D eigenvalue weighted by molar-refractivity contribution is -0.121. The van der Waals surface area contributed by atoms with Crippen molar-refractivity contribution in [2.24, 2.45) is 0 Å². The molecule has 0 unspecified atom stereocenters. The van der Waals surface area contributed by atoms with Crippen LogP contribution in [0.25, 0.3) is 0 Å². The number of hydrazine groups is 1. The first-order valence-corrected chi connectivity index (χ1v) is 10.6. The average Bonchev–Trinajstić information content (AvgIpc) is 2.69. The minimum atomic E-state index is -3.71. The predicted molar refractivity (Wildman–Crippen MR) is 109 cm³/mol. The Balaban J connectivity index is 1.79. The van der Waals surface area contributed by atoms with E-state index in [0.29, 0.717) is 17.9 Å². The second-order valence-corrected chi connectivity index (χ2v) is 8.12. The molecule has 0 bridgehead atoms. The number of hydrogen-bond donors (Lipinski definition) is 3. The van der Waals surface area contributed by atoms with E-state index in [4.69, 9.17) is 4.74 Å². The van der Waals surface area contributed by atoms with Crippen LogP contribution in [0.5, 0.6) is 5.75 Å². The SMILES string of the molecule is CCOc1ccc(C(=O)NNC(=O)CCNS(=O)(=O)c2ccc(C)c(C)c2)cc1. The largest absolute Gasteiger partial charge is 0.494 e. The van der Waals surface area contributed by atoms with Crippen LogP contribution in [0.4, 0.5) is 0 Å². The lowest BCUT2D eigenvalue weighted by atomic mass is 10.1. The summed E-state index contributed by atoms with van der Waals surface area (Å²) in [5.41, 5.74) is 6.75. The lowest BCUT2D eigenvalue weighted by Gasteiger charge is -2.10. The van der Waals surface area contributed by atoms with E-state index in [2.05, 4.69) is 15.6 Å². The Morgan fingerprint density at radius 1 is 0.966 bits per heavy atom. The highest BCUT2D eigenvalue weighted by Crippen LogP contribution is 2.14. The summed E-state index contributed by atoms with van der Waals surface area (Å²) in [6.07, 6.45) is -0.131. The standard InChI is InChI=1S/C20H25N3O5S/c1-4-28-17-8-6-16(7-9-17)20(25)23-22-19(24)11-12-21-29(26,27)18-10-5-14(2)15(3)13-18/h5-10,13,21H,4,11-12H2,1-3H3,(H,22,24)(H,23,25).